The van der Waals surface area contributed by atoms with E-state index in [4.69, 9.17) is 5.11 Å². The molecule has 0 fully saturated rings. The van der Waals surface area contributed by atoms with E-state index in [1.165, 1.54) is 0 Å². The van der Waals surface area contributed by atoms with E-state index in [2.05, 4.69) is 5.32 Å². The van der Waals surface area contributed by atoms with Crippen LogP contribution < -0.4 is 5.32 Å². The van der Waals surface area contributed by atoms with Crippen LogP contribution in [0.4, 0.5) is 0 Å². The summed E-state index contributed by atoms with van der Waals surface area (Å²) in [7, 11) is 1.65. The van der Waals surface area contributed by atoms with Crippen LogP contribution in [0.15, 0.2) is 24.3 Å². The van der Waals surface area contributed by atoms with Gasteiger partial charge in [0.05, 0.1) is 6.42 Å². The van der Waals surface area contributed by atoms with Crippen LogP contribution in [0, 0.1) is 0 Å². The zero-order chi connectivity index (χ0) is 10.6. The van der Waals surface area contributed by atoms with E-state index in [0.717, 1.165) is 11.1 Å². The van der Waals surface area contributed by atoms with E-state index >= 15 is 0 Å². The van der Waals surface area contributed by atoms with Crippen molar-refractivity contribution in [1.82, 2.24) is 5.32 Å². The Balaban J connectivity index is 2.73. The maximum absolute atomic E-state index is 10.4. The fourth-order valence-corrected chi connectivity index (χ4v) is 1.16. The molecular weight excluding hydrogens is 182 g/mol. The third-order valence-corrected chi connectivity index (χ3v) is 1.92. The molecule has 3 N–H and O–H groups in total. The van der Waals surface area contributed by atoms with Gasteiger partial charge in [-0.25, -0.2) is 0 Å². The van der Waals surface area contributed by atoms with Crippen molar-refractivity contribution in [3.63, 3.8) is 0 Å². The number of aliphatic hydroxyl groups is 1. The zero-order valence-corrected chi connectivity index (χ0v) is 7.90. The normalized spacial score (nSPS) is 12.4. The molecule has 0 aliphatic rings. The van der Waals surface area contributed by atoms with Crippen molar-refractivity contribution >= 4 is 5.97 Å². The molecule has 14 heavy (non-hydrogen) atoms. The molecule has 1 rings (SSSR count). The molecule has 0 bridgehead atoms. The summed E-state index contributed by atoms with van der Waals surface area (Å²) in [4.78, 5) is 10.4. The van der Waals surface area contributed by atoms with Crippen LogP contribution in [0.3, 0.4) is 0 Å². The van der Waals surface area contributed by atoms with Crippen LogP contribution in [-0.2, 0) is 11.2 Å². The third kappa shape index (κ3) is 2.83. The summed E-state index contributed by atoms with van der Waals surface area (Å²) in [6.07, 6.45) is -0.690. The minimum atomic E-state index is -0.855. The molecule has 76 valence electrons. The van der Waals surface area contributed by atoms with Crippen LogP contribution in [-0.4, -0.2) is 23.2 Å². The quantitative estimate of drug-likeness (QED) is 0.613. The van der Waals surface area contributed by atoms with Gasteiger partial charge in [0.1, 0.15) is 6.23 Å². The number of rotatable bonds is 4. The van der Waals surface area contributed by atoms with Crippen molar-refractivity contribution in [2.45, 2.75) is 12.6 Å². The molecule has 0 spiro atoms. The van der Waals surface area contributed by atoms with Gasteiger partial charge >= 0.3 is 5.97 Å². The topological polar surface area (TPSA) is 69.6 Å². The van der Waals surface area contributed by atoms with E-state index < -0.39 is 12.2 Å². The lowest BCUT2D eigenvalue weighted by Crippen LogP contribution is -2.15. The Bertz CT molecular complexity index is 308. The van der Waals surface area contributed by atoms with Crippen molar-refractivity contribution in [3.05, 3.63) is 35.4 Å². The van der Waals surface area contributed by atoms with Gasteiger partial charge in [-0.1, -0.05) is 24.3 Å². The summed E-state index contributed by atoms with van der Waals surface area (Å²) in [5.74, 6) is -0.855. The summed E-state index contributed by atoms with van der Waals surface area (Å²) in [5, 5.41) is 20.6. The first-order chi connectivity index (χ1) is 6.63. The van der Waals surface area contributed by atoms with Crippen molar-refractivity contribution in [2.24, 2.45) is 0 Å². The fourth-order valence-electron chi connectivity index (χ4n) is 1.16. The number of carbonyl (C=O) groups is 1. The Morgan fingerprint density at radius 1 is 1.43 bits per heavy atom. The summed E-state index contributed by atoms with van der Waals surface area (Å²) >= 11 is 0. The number of aliphatic hydroxyl groups excluding tert-OH is 1. The Morgan fingerprint density at radius 2 is 2.00 bits per heavy atom. The molecule has 1 atom stereocenters. The van der Waals surface area contributed by atoms with E-state index in [1.807, 2.05) is 0 Å². The average Bonchev–Trinajstić information content (AvgIpc) is 2.17. The summed E-state index contributed by atoms with van der Waals surface area (Å²) < 4.78 is 0. The first-order valence-electron chi connectivity index (χ1n) is 4.29. The molecule has 4 nitrogen and oxygen atoms in total. The summed E-state index contributed by atoms with van der Waals surface area (Å²) in [5.41, 5.74) is 1.45. The second kappa shape index (κ2) is 4.74. The van der Waals surface area contributed by atoms with Crippen molar-refractivity contribution < 1.29 is 15.0 Å². The lowest BCUT2D eigenvalue weighted by Gasteiger charge is -2.09. The van der Waals surface area contributed by atoms with Crippen molar-refractivity contribution in [1.29, 1.82) is 0 Å². The molecule has 4 heteroatoms. The molecule has 0 saturated carbocycles. The van der Waals surface area contributed by atoms with Gasteiger partial charge in [-0.3, -0.25) is 10.1 Å². The molecule has 1 aromatic rings. The van der Waals surface area contributed by atoms with Gasteiger partial charge in [0.25, 0.3) is 0 Å². The SMILES string of the molecule is CNC(O)c1ccc(CC(=O)O)cc1. The highest BCUT2D eigenvalue weighted by Crippen LogP contribution is 2.11. The van der Waals surface area contributed by atoms with Crippen LogP contribution >= 0.6 is 0 Å². The lowest BCUT2D eigenvalue weighted by molar-refractivity contribution is -0.136. The maximum Gasteiger partial charge on any atom is 0.307 e. The standard InChI is InChI=1S/C10H13NO3/c1-11-10(14)8-4-2-7(3-5-8)6-9(12)13/h2-5,10-11,14H,6H2,1H3,(H,12,13). The number of benzene rings is 1. The Morgan fingerprint density at radius 3 is 2.43 bits per heavy atom. The highest BCUT2D eigenvalue weighted by Gasteiger charge is 2.04. The molecule has 0 heterocycles. The highest BCUT2D eigenvalue weighted by molar-refractivity contribution is 5.70. The maximum atomic E-state index is 10.4. The van der Waals surface area contributed by atoms with Crippen molar-refractivity contribution in [2.75, 3.05) is 7.05 Å². The monoisotopic (exact) mass is 195 g/mol. The highest BCUT2D eigenvalue weighted by atomic mass is 16.4. The number of aliphatic carboxylic acids is 1. The first kappa shape index (κ1) is 10.7. The van der Waals surface area contributed by atoms with Gasteiger partial charge in [-0.05, 0) is 18.2 Å². The Hall–Kier alpha value is -1.39. The number of carboxylic acids is 1. The van der Waals surface area contributed by atoms with Crippen molar-refractivity contribution in [3.8, 4) is 0 Å². The van der Waals surface area contributed by atoms with Crippen LogP contribution in [0.25, 0.3) is 0 Å². The Labute approximate surface area is 82.2 Å². The van der Waals surface area contributed by atoms with Gasteiger partial charge < -0.3 is 10.2 Å². The molecule has 0 aliphatic carbocycles. The molecule has 0 aromatic heterocycles. The predicted octanol–water partition coefficient (Wildman–Crippen LogP) is 0.524. The Kier molecular flexibility index (Phi) is 3.62. The van der Waals surface area contributed by atoms with Gasteiger partial charge in [0, 0.05) is 0 Å². The predicted molar refractivity (Wildman–Crippen MR) is 51.8 cm³/mol. The zero-order valence-electron chi connectivity index (χ0n) is 7.90. The molecular formula is C10H13NO3. The average molecular weight is 195 g/mol. The van der Waals surface area contributed by atoms with E-state index in [0.29, 0.717) is 0 Å². The minimum Gasteiger partial charge on any atom is -0.481 e. The van der Waals surface area contributed by atoms with Gasteiger partial charge in [-0.15, -0.1) is 0 Å². The number of nitrogens with one attached hydrogen (secondary N) is 1. The third-order valence-electron chi connectivity index (χ3n) is 1.92. The molecule has 0 amide bonds. The molecule has 0 aliphatic heterocycles. The van der Waals surface area contributed by atoms with Gasteiger partial charge in [-0.2, -0.15) is 0 Å². The second-order valence-corrected chi connectivity index (χ2v) is 3.00. The molecule has 0 saturated heterocycles. The van der Waals surface area contributed by atoms with E-state index in [1.54, 1.807) is 31.3 Å². The largest absolute Gasteiger partial charge is 0.481 e. The smallest absolute Gasteiger partial charge is 0.307 e. The second-order valence-electron chi connectivity index (χ2n) is 3.00. The van der Waals surface area contributed by atoms with Crippen LogP contribution in [0.2, 0.25) is 0 Å². The fraction of sp³-hybridized carbons (Fsp3) is 0.300. The minimum absolute atomic E-state index is 0.00985. The van der Waals surface area contributed by atoms with E-state index in [9.17, 15) is 9.90 Å². The number of carboxylic acid groups (broad SMARTS) is 1. The van der Waals surface area contributed by atoms with Gasteiger partial charge in [0.2, 0.25) is 0 Å². The number of hydrogen-bond donors (Lipinski definition) is 3. The van der Waals surface area contributed by atoms with Gasteiger partial charge in [0.15, 0.2) is 0 Å². The molecule has 0 radical (unpaired) electrons. The lowest BCUT2D eigenvalue weighted by atomic mass is 10.1. The molecule has 1 unspecified atom stereocenters. The summed E-state index contributed by atoms with van der Waals surface area (Å²) in [6, 6.07) is 6.81. The van der Waals surface area contributed by atoms with Crippen LogP contribution in [0.5, 0.6) is 0 Å². The number of hydrogen-bond acceptors (Lipinski definition) is 3. The first-order valence-corrected chi connectivity index (χ1v) is 4.29. The summed E-state index contributed by atoms with van der Waals surface area (Å²) in [6.45, 7) is 0. The molecule has 1 aromatic carbocycles. The van der Waals surface area contributed by atoms with Crippen LogP contribution in [0.1, 0.15) is 17.4 Å². The van der Waals surface area contributed by atoms with E-state index in [-0.39, 0.29) is 6.42 Å².